The highest BCUT2D eigenvalue weighted by Gasteiger charge is 2.30. The number of anilines is 1. The maximum absolute atomic E-state index is 11.3. The standard InChI is InChI=1S/C10H11NO3/c12-7-2-1-3-8(13)9(7)11-10(14)6-4-5-6/h1-3,6,12-13H,4-5H2,(H,11,14). The van der Waals surface area contributed by atoms with Gasteiger partial charge in [0, 0.05) is 5.92 Å². The van der Waals surface area contributed by atoms with Crippen molar-refractivity contribution in [3.8, 4) is 11.5 Å². The Balaban J connectivity index is 2.18. The minimum atomic E-state index is -0.137. The zero-order chi connectivity index (χ0) is 10.1. The first-order valence-electron chi connectivity index (χ1n) is 4.50. The number of carbonyl (C=O) groups excluding carboxylic acids is 1. The molecule has 0 aliphatic heterocycles. The summed E-state index contributed by atoms with van der Waals surface area (Å²) in [5, 5.41) is 21.2. The molecule has 1 aliphatic carbocycles. The number of rotatable bonds is 2. The van der Waals surface area contributed by atoms with E-state index in [1.165, 1.54) is 18.2 Å². The van der Waals surface area contributed by atoms with Crippen LogP contribution in [-0.2, 0) is 4.79 Å². The largest absolute Gasteiger partial charge is 0.506 e. The highest BCUT2D eigenvalue weighted by atomic mass is 16.3. The van der Waals surface area contributed by atoms with Crippen molar-refractivity contribution >= 4 is 11.6 Å². The lowest BCUT2D eigenvalue weighted by Gasteiger charge is -2.07. The van der Waals surface area contributed by atoms with Gasteiger partial charge in [-0.1, -0.05) is 6.07 Å². The quantitative estimate of drug-likeness (QED) is 0.622. The molecule has 74 valence electrons. The van der Waals surface area contributed by atoms with Gasteiger partial charge in [-0.25, -0.2) is 0 Å². The van der Waals surface area contributed by atoms with Crippen LogP contribution in [-0.4, -0.2) is 16.1 Å². The molecule has 1 fully saturated rings. The van der Waals surface area contributed by atoms with Crippen molar-refractivity contribution in [3.05, 3.63) is 18.2 Å². The third kappa shape index (κ3) is 1.64. The maximum Gasteiger partial charge on any atom is 0.227 e. The Labute approximate surface area is 81.2 Å². The normalized spacial score (nSPS) is 15.1. The number of hydrogen-bond donors (Lipinski definition) is 3. The van der Waals surface area contributed by atoms with Gasteiger partial charge in [0.25, 0.3) is 0 Å². The second kappa shape index (κ2) is 3.21. The van der Waals surface area contributed by atoms with Crippen molar-refractivity contribution in [1.29, 1.82) is 0 Å². The summed E-state index contributed by atoms with van der Waals surface area (Å²) in [4.78, 5) is 11.3. The molecule has 0 aromatic heterocycles. The number of benzene rings is 1. The van der Waals surface area contributed by atoms with Crippen LogP contribution in [0.25, 0.3) is 0 Å². The predicted molar refractivity (Wildman–Crippen MR) is 51.1 cm³/mol. The van der Waals surface area contributed by atoms with E-state index in [4.69, 9.17) is 0 Å². The van der Waals surface area contributed by atoms with Gasteiger partial charge in [0.2, 0.25) is 5.91 Å². The summed E-state index contributed by atoms with van der Waals surface area (Å²) in [5.41, 5.74) is 0.101. The first-order chi connectivity index (χ1) is 6.68. The van der Waals surface area contributed by atoms with Crippen molar-refractivity contribution in [1.82, 2.24) is 0 Å². The number of hydrogen-bond acceptors (Lipinski definition) is 3. The zero-order valence-corrected chi connectivity index (χ0v) is 7.53. The predicted octanol–water partition coefficient (Wildman–Crippen LogP) is 1.45. The van der Waals surface area contributed by atoms with E-state index in [1.54, 1.807) is 0 Å². The monoisotopic (exact) mass is 193 g/mol. The van der Waals surface area contributed by atoms with Gasteiger partial charge in [-0.15, -0.1) is 0 Å². The molecule has 1 saturated carbocycles. The van der Waals surface area contributed by atoms with E-state index >= 15 is 0 Å². The third-order valence-electron chi connectivity index (χ3n) is 2.22. The van der Waals surface area contributed by atoms with Gasteiger partial charge >= 0.3 is 0 Å². The summed E-state index contributed by atoms with van der Waals surface area (Å²) in [7, 11) is 0. The summed E-state index contributed by atoms with van der Waals surface area (Å²) >= 11 is 0. The van der Waals surface area contributed by atoms with Crippen molar-refractivity contribution in [3.63, 3.8) is 0 Å². The van der Waals surface area contributed by atoms with Gasteiger partial charge in [-0.2, -0.15) is 0 Å². The Kier molecular flexibility index (Phi) is 2.04. The van der Waals surface area contributed by atoms with Crippen LogP contribution in [0.2, 0.25) is 0 Å². The molecule has 4 nitrogen and oxygen atoms in total. The molecule has 0 atom stereocenters. The lowest BCUT2D eigenvalue weighted by molar-refractivity contribution is -0.117. The van der Waals surface area contributed by atoms with E-state index in [9.17, 15) is 15.0 Å². The molecule has 0 bridgehead atoms. The van der Waals surface area contributed by atoms with Crippen molar-refractivity contribution in [2.45, 2.75) is 12.8 Å². The smallest absolute Gasteiger partial charge is 0.227 e. The molecular formula is C10H11NO3. The third-order valence-corrected chi connectivity index (χ3v) is 2.22. The van der Waals surface area contributed by atoms with Gasteiger partial charge in [-0.05, 0) is 25.0 Å². The van der Waals surface area contributed by atoms with Gasteiger partial charge in [0.1, 0.15) is 17.2 Å². The summed E-state index contributed by atoms with van der Waals surface area (Å²) in [5.74, 6) is -0.311. The Morgan fingerprint density at radius 3 is 2.36 bits per heavy atom. The summed E-state index contributed by atoms with van der Waals surface area (Å²) in [6.07, 6.45) is 1.78. The van der Waals surface area contributed by atoms with Crippen molar-refractivity contribution in [2.75, 3.05) is 5.32 Å². The minimum Gasteiger partial charge on any atom is -0.506 e. The van der Waals surface area contributed by atoms with E-state index in [2.05, 4.69) is 5.32 Å². The fraction of sp³-hybridized carbons (Fsp3) is 0.300. The summed E-state index contributed by atoms with van der Waals surface area (Å²) < 4.78 is 0. The molecule has 14 heavy (non-hydrogen) atoms. The van der Waals surface area contributed by atoms with E-state index in [0.29, 0.717) is 0 Å². The molecule has 0 heterocycles. The molecule has 0 radical (unpaired) electrons. The Bertz CT molecular complexity index is 351. The average molecular weight is 193 g/mol. The molecule has 0 spiro atoms. The van der Waals surface area contributed by atoms with E-state index in [-0.39, 0.29) is 29.0 Å². The molecule has 0 unspecified atom stereocenters. The van der Waals surface area contributed by atoms with Crippen LogP contribution in [0.4, 0.5) is 5.69 Å². The van der Waals surface area contributed by atoms with Crippen LogP contribution in [0.3, 0.4) is 0 Å². The second-order valence-electron chi connectivity index (χ2n) is 3.43. The summed E-state index contributed by atoms with van der Waals surface area (Å²) in [6, 6.07) is 4.35. The van der Waals surface area contributed by atoms with Gasteiger partial charge in [0.05, 0.1) is 0 Å². The van der Waals surface area contributed by atoms with Crippen LogP contribution in [0.1, 0.15) is 12.8 Å². The Morgan fingerprint density at radius 1 is 1.29 bits per heavy atom. The topological polar surface area (TPSA) is 69.6 Å². The molecular weight excluding hydrogens is 182 g/mol. The fourth-order valence-electron chi connectivity index (χ4n) is 1.23. The van der Waals surface area contributed by atoms with Crippen LogP contribution in [0.5, 0.6) is 11.5 Å². The molecule has 4 heteroatoms. The number of phenolic OH excluding ortho intramolecular Hbond substituents is 2. The summed E-state index contributed by atoms with van der Waals surface area (Å²) in [6.45, 7) is 0. The van der Waals surface area contributed by atoms with E-state index in [1.807, 2.05) is 0 Å². The highest BCUT2D eigenvalue weighted by Crippen LogP contribution is 2.35. The molecule has 0 saturated heterocycles. The van der Waals surface area contributed by atoms with Gasteiger partial charge in [-0.3, -0.25) is 4.79 Å². The van der Waals surface area contributed by atoms with E-state index < -0.39 is 0 Å². The van der Waals surface area contributed by atoms with Gasteiger partial charge in [0.15, 0.2) is 0 Å². The van der Waals surface area contributed by atoms with Gasteiger partial charge < -0.3 is 15.5 Å². The molecule has 3 N–H and O–H groups in total. The zero-order valence-electron chi connectivity index (χ0n) is 7.53. The fourth-order valence-corrected chi connectivity index (χ4v) is 1.23. The molecule has 1 aliphatic rings. The highest BCUT2D eigenvalue weighted by molar-refractivity contribution is 5.96. The van der Waals surface area contributed by atoms with Crippen LogP contribution in [0, 0.1) is 5.92 Å². The van der Waals surface area contributed by atoms with Crippen LogP contribution in [0.15, 0.2) is 18.2 Å². The SMILES string of the molecule is O=C(Nc1c(O)cccc1O)C1CC1. The molecule has 1 aromatic rings. The Hall–Kier alpha value is -1.71. The number of nitrogens with one attached hydrogen (secondary N) is 1. The number of para-hydroxylation sites is 1. The van der Waals surface area contributed by atoms with E-state index in [0.717, 1.165) is 12.8 Å². The number of phenols is 2. The first-order valence-corrected chi connectivity index (χ1v) is 4.50. The number of aromatic hydroxyl groups is 2. The molecule has 2 rings (SSSR count). The van der Waals surface area contributed by atoms with Crippen molar-refractivity contribution in [2.24, 2.45) is 5.92 Å². The molecule has 1 aromatic carbocycles. The maximum atomic E-state index is 11.3. The minimum absolute atomic E-state index is 0.0500. The second-order valence-corrected chi connectivity index (χ2v) is 3.43. The lowest BCUT2D eigenvalue weighted by atomic mass is 10.2. The number of amides is 1. The van der Waals surface area contributed by atoms with Crippen molar-refractivity contribution < 1.29 is 15.0 Å². The average Bonchev–Trinajstić information content (AvgIpc) is 2.94. The first kappa shape index (κ1) is 8.87. The number of carbonyl (C=O) groups is 1. The lowest BCUT2D eigenvalue weighted by Crippen LogP contribution is -2.13. The Morgan fingerprint density at radius 2 is 1.86 bits per heavy atom. The van der Waals surface area contributed by atoms with Crippen LogP contribution < -0.4 is 5.32 Å². The molecule has 1 amide bonds. The van der Waals surface area contributed by atoms with Crippen LogP contribution >= 0.6 is 0 Å².